The summed E-state index contributed by atoms with van der Waals surface area (Å²) in [5, 5.41) is 9.59. The summed E-state index contributed by atoms with van der Waals surface area (Å²) in [5.74, 6) is -0.934. The lowest BCUT2D eigenvalue weighted by molar-refractivity contribution is 0.0506. The highest BCUT2D eigenvalue weighted by atomic mass is 35.5. The maximum atomic E-state index is 14.4. The first kappa shape index (κ1) is 28.4. The Morgan fingerprint density at radius 1 is 1.07 bits per heavy atom. The van der Waals surface area contributed by atoms with Crippen molar-refractivity contribution < 1.29 is 23.8 Å². The molecule has 0 saturated carbocycles. The topological polar surface area (TPSA) is 99.1 Å². The molecule has 11 heteroatoms. The molecule has 1 unspecified atom stereocenters. The van der Waals surface area contributed by atoms with Crippen LogP contribution in [0.1, 0.15) is 58.1 Å². The molecule has 0 bridgehead atoms. The van der Waals surface area contributed by atoms with Crippen molar-refractivity contribution in [2.45, 2.75) is 45.1 Å². The van der Waals surface area contributed by atoms with E-state index in [9.17, 15) is 19.1 Å². The number of amides is 1. The van der Waals surface area contributed by atoms with E-state index >= 15 is 0 Å². The lowest BCUT2D eigenvalue weighted by Gasteiger charge is -2.47. The van der Waals surface area contributed by atoms with Crippen LogP contribution in [0.2, 0.25) is 5.02 Å². The predicted octanol–water partition coefficient (Wildman–Crippen LogP) is 5.13. The van der Waals surface area contributed by atoms with E-state index in [1.807, 2.05) is 29.7 Å². The van der Waals surface area contributed by atoms with Gasteiger partial charge >= 0.3 is 5.97 Å². The summed E-state index contributed by atoms with van der Waals surface area (Å²) >= 11 is 5.94. The smallest absolute Gasteiger partial charge is 0.337 e. The number of hydrogen-bond acceptors (Lipinski definition) is 7. The van der Waals surface area contributed by atoms with Crippen molar-refractivity contribution in [3.63, 3.8) is 0 Å². The number of hydrogen-bond donors (Lipinski definition) is 1. The molecule has 6 rings (SSSR count). The number of carboxylic acid groups (broad SMARTS) is 1. The molecule has 1 aromatic carbocycles. The highest BCUT2D eigenvalue weighted by molar-refractivity contribution is 6.30. The largest absolute Gasteiger partial charge is 0.478 e. The van der Waals surface area contributed by atoms with Gasteiger partial charge in [-0.15, -0.1) is 0 Å². The molecule has 1 spiro atoms. The Balaban J connectivity index is 1.28. The summed E-state index contributed by atoms with van der Waals surface area (Å²) in [6, 6.07) is 10.2. The predicted molar refractivity (Wildman–Crippen MR) is 158 cm³/mol. The monoisotopic (exact) mass is 593 g/mol. The standard InChI is InChI=1S/C31H33ClFN5O4/c1-18-13-25(34-19(2)26(18)29(40)41)36-10-11-38(30(3,4)15-36)28(39)23-7-8-24-27(35-23)31(9-12-42-17-31)16-37(24)20-5-6-21(32)22(33)14-20/h5-8,13-14H,9-12,15-17H2,1-4H3,(H,40,41). The number of fused-ring (bicyclic) bond motifs is 2. The number of pyridine rings is 2. The summed E-state index contributed by atoms with van der Waals surface area (Å²) in [6.07, 6.45) is 0.758. The van der Waals surface area contributed by atoms with Gasteiger partial charge in [-0.05, 0) is 76.1 Å². The van der Waals surface area contributed by atoms with Crippen LogP contribution in [0.4, 0.5) is 21.6 Å². The summed E-state index contributed by atoms with van der Waals surface area (Å²) in [5.41, 5.74) is 3.08. The number of benzene rings is 1. The van der Waals surface area contributed by atoms with Gasteiger partial charge in [0.1, 0.15) is 17.3 Å². The van der Waals surface area contributed by atoms with Crippen molar-refractivity contribution in [1.29, 1.82) is 0 Å². The number of carboxylic acids is 1. The van der Waals surface area contributed by atoms with Crippen LogP contribution in [0.25, 0.3) is 0 Å². The van der Waals surface area contributed by atoms with Gasteiger partial charge in [-0.2, -0.15) is 0 Å². The maximum Gasteiger partial charge on any atom is 0.337 e. The van der Waals surface area contributed by atoms with Crippen molar-refractivity contribution in [3.05, 3.63) is 75.4 Å². The molecule has 3 aromatic rings. The average Bonchev–Trinajstić information content (AvgIpc) is 3.53. The van der Waals surface area contributed by atoms with E-state index in [4.69, 9.17) is 21.3 Å². The molecule has 42 heavy (non-hydrogen) atoms. The molecule has 2 saturated heterocycles. The Bertz CT molecular complexity index is 1580. The van der Waals surface area contributed by atoms with Crippen LogP contribution >= 0.6 is 11.6 Å². The van der Waals surface area contributed by atoms with Crippen molar-refractivity contribution in [1.82, 2.24) is 14.9 Å². The van der Waals surface area contributed by atoms with Crippen molar-refractivity contribution in [2.75, 3.05) is 49.2 Å². The normalized spacial score (nSPS) is 21.2. The number of halogens is 2. The van der Waals surface area contributed by atoms with Crippen LogP contribution in [-0.2, 0) is 10.2 Å². The number of anilines is 3. The Hall–Kier alpha value is -3.76. The number of aromatic nitrogens is 2. The van der Waals surface area contributed by atoms with Gasteiger partial charge in [0.05, 0.1) is 45.2 Å². The minimum Gasteiger partial charge on any atom is -0.478 e. The second kappa shape index (κ2) is 10.2. The van der Waals surface area contributed by atoms with E-state index in [0.717, 1.165) is 17.8 Å². The summed E-state index contributed by atoms with van der Waals surface area (Å²) in [7, 11) is 0. The van der Waals surface area contributed by atoms with E-state index in [-0.39, 0.29) is 21.9 Å². The van der Waals surface area contributed by atoms with Crippen LogP contribution in [0.3, 0.4) is 0 Å². The van der Waals surface area contributed by atoms with Crippen LogP contribution in [0.5, 0.6) is 0 Å². The van der Waals surface area contributed by atoms with E-state index in [0.29, 0.717) is 67.8 Å². The van der Waals surface area contributed by atoms with Crippen LogP contribution in [-0.4, -0.2) is 76.8 Å². The van der Waals surface area contributed by atoms with Gasteiger partial charge in [-0.3, -0.25) is 4.79 Å². The maximum absolute atomic E-state index is 14.4. The van der Waals surface area contributed by atoms with Gasteiger partial charge in [0.2, 0.25) is 0 Å². The van der Waals surface area contributed by atoms with Crippen molar-refractivity contribution in [3.8, 4) is 0 Å². The van der Waals surface area contributed by atoms with Gasteiger partial charge < -0.3 is 24.5 Å². The number of piperazine rings is 1. The SMILES string of the molecule is Cc1cc(N2CCN(C(=O)c3ccc4c(n3)C3(CCOC3)CN4c3ccc(Cl)c(F)c3)C(C)(C)C2)nc(C)c1C(=O)O. The Kier molecular flexibility index (Phi) is 6.89. The third-order valence-corrected chi connectivity index (χ3v) is 9.04. The molecule has 0 radical (unpaired) electrons. The second-order valence-electron chi connectivity index (χ2n) is 12.1. The zero-order chi connectivity index (χ0) is 30.0. The van der Waals surface area contributed by atoms with Crippen LogP contribution in [0, 0.1) is 19.7 Å². The molecule has 2 aromatic heterocycles. The van der Waals surface area contributed by atoms with Crippen molar-refractivity contribution in [2.24, 2.45) is 0 Å². The third-order valence-electron chi connectivity index (χ3n) is 8.73. The summed E-state index contributed by atoms with van der Waals surface area (Å²) < 4.78 is 20.2. The fourth-order valence-corrected chi connectivity index (χ4v) is 6.72. The molecule has 1 N–H and O–H groups in total. The van der Waals surface area contributed by atoms with E-state index in [1.165, 1.54) is 6.07 Å². The van der Waals surface area contributed by atoms with E-state index in [1.54, 1.807) is 38.1 Å². The number of nitrogens with zero attached hydrogens (tertiary/aromatic N) is 5. The molecule has 3 aliphatic heterocycles. The van der Waals surface area contributed by atoms with Gasteiger partial charge in [-0.1, -0.05) is 11.6 Å². The molecular weight excluding hydrogens is 561 g/mol. The quantitative estimate of drug-likeness (QED) is 0.444. The first-order valence-corrected chi connectivity index (χ1v) is 14.4. The van der Waals surface area contributed by atoms with Gasteiger partial charge in [0.15, 0.2) is 0 Å². The molecule has 0 aliphatic carbocycles. The molecule has 1 amide bonds. The number of carbonyl (C=O) groups excluding carboxylic acids is 1. The lowest BCUT2D eigenvalue weighted by atomic mass is 9.85. The summed E-state index contributed by atoms with van der Waals surface area (Å²) in [6.45, 7) is 10.7. The number of aromatic carboxylic acids is 1. The summed E-state index contributed by atoms with van der Waals surface area (Å²) in [4.78, 5) is 41.1. The van der Waals surface area contributed by atoms with Crippen LogP contribution in [0.15, 0.2) is 36.4 Å². The fourth-order valence-electron chi connectivity index (χ4n) is 6.61. The Labute approximate surface area is 248 Å². The first-order valence-electron chi connectivity index (χ1n) is 14.0. The molecule has 5 heterocycles. The second-order valence-corrected chi connectivity index (χ2v) is 12.5. The Morgan fingerprint density at radius 3 is 2.50 bits per heavy atom. The lowest BCUT2D eigenvalue weighted by Crippen LogP contribution is -2.61. The molecule has 2 fully saturated rings. The minimum atomic E-state index is -0.990. The minimum absolute atomic E-state index is 0.0668. The Morgan fingerprint density at radius 2 is 1.86 bits per heavy atom. The van der Waals surface area contributed by atoms with E-state index < -0.39 is 17.3 Å². The number of rotatable bonds is 4. The first-order chi connectivity index (χ1) is 19.9. The average molecular weight is 594 g/mol. The number of ether oxygens (including phenoxy) is 1. The highest BCUT2D eigenvalue weighted by Crippen LogP contribution is 2.48. The number of carbonyl (C=O) groups is 2. The fraction of sp³-hybridized carbons (Fsp3) is 0.419. The van der Waals surface area contributed by atoms with Gasteiger partial charge in [0, 0.05) is 38.5 Å². The highest BCUT2D eigenvalue weighted by Gasteiger charge is 2.48. The number of aryl methyl sites for hydroxylation is 2. The molecule has 9 nitrogen and oxygen atoms in total. The van der Waals surface area contributed by atoms with E-state index in [2.05, 4.69) is 9.88 Å². The van der Waals surface area contributed by atoms with Gasteiger partial charge in [-0.25, -0.2) is 19.2 Å². The van der Waals surface area contributed by atoms with Gasteiger partial charge in [0.25, 0.3) is 5.91 Å². The molecule has 1 atom stereocenters. The molecular formula is C31H33ClFN5O4. The molecule has 220 valence electrons. The van der Waals surface area contributed by atoms with Crippen molar-refractivity contribution >= 4 is 40.7 Å². The molecule has 3 aliphatic rings. The zero-order valence-corrected chi connectivity index (χ0v) is 24.8. The van der Waals surface area contributed by atoms with Crippen LogP contribution < -0.4 is 9.80 Å². The third kappa shape index (κ3) is 4.66. The zero-order valence-electron chi connectivity index (χ0n) is 24.1.